The molecule has 1 saturated carbocycles. The second-order valence-electron chi connectivity index (χ2n) is 7.99. The molecule has 6 heteroatoms. The Bertz CT molecular complexity index is 762. The van der Waals surface area contributed by atoms with Gasteiger partial charge in [0.15, 0.2) is 0 Å². The van der Waals surface area contributed by atoms with Crippen LogP contribution in [0.4, 0.5) is 4.39 Å². The summed E-state index contributed by atoms with van der Waals surface area (Å²) in [5.41, 5.74) is 1.73. The maximum absolute atomic E-state index is 13.8. The number of piperidine rings is 1. The summed E-state index contributed by atoms with van der Waals surface area (Å²) >= 11 is 0. The summed E-state index contributed by atoms with van der Waals surface area (Å²) in [4.78, 5) is 14.7. The fourth-order valence-electron chi connectivity index (χ4n) is 4.72. The molecule has 0 unspecified atom stereocenters. The van der Waals surface area contributed by atoms with E-state index in [4.69, 9.17) is 0 Å². The summed E-state index contributed by atoms with van der Waals surface area (Å²) in [5.74, 6) is -0.225. The van der Waals surface area contributed by atoms with Crippen molar-refractivity contribution < 1.29 is 9.18 Å². The second-order valence-corrected chi connectivity index (χ2v) is 7.99. The molecule has 1 aliphatic carbocycles. The van der Waals surface area contributed by atoms with Gasteiger partial charge in [-0.15, -0.1) is 0 Å². The highest BCUT2D eigenvalue weighted by atomic mass is 19.1. The molecule has 1 amide bonds. The molecule has 0 spiro atoms. The summed E-state index contributed by atoms with van der Waals surface area (Å²) in [6, 6.07) is 9.06. The minimum Gasteiger partial charge on any atom is -0.348 e. The number of aromatic nitrogens is 2. The monoisotopic (exact) mass is 370 g/mol. The van der Waals surface area contributed by atoms with Crippen LogP contribution in [0.5, 0.6) is 0 Å². The van der Waals surface area contributed by atoms with Crippen LogP contribution in [0.2, 0.25) is 0 Å². The lowest BCUT2D eigenvalue weighted by atomic mass is 9.78. The van der Waals surface area contributed by atoms with E-state index in [9.17, 15) is 9.18 Å². The van der Waals surface area contributed by atoms with Crippen LogP contribution < -0.4 is 5.32 Å². The van der Waals surface area contributed by atoms with Crippen molar-refractivity contribution in [2.75, 3.05) is 19.6 Å². The summed E-state index contributed by atoms with van der Waals surface area (Å²) < 4.78 is 13.8. The molecule has 27 heavy (non-hydrogen) atoms. The molecule has 5 nitrogen and oxygen atoms in total. The van der Waals surface area contributed by atoms with Crippen molar-refractivity contribution in [3.05, 3.63) is 53.6 Å². The van der Waals surface area contributed by atoms with Gasteiger partial charge in [0.05, 0.1) is 0 Å². The molecular weight excluding hydrogens is 343 g/mol. The average molecular weight is 370 g/mol. The van der Waals surface area contributed by atoms with Gasteiger partial charge in [0.2, 0.25) is 0 Å². The summed E-state index contributed by atoms with van der Waals surface area (Å²) in [7, 11) is 0. The molecule has 144 valence electrons. The Hall–Kier alpha value is -2.21. The Morgan fingerprint density at radius 3 is 2.70 bits per heavy atom. The van der Waals surface area contributed by atoms with E-state index in [1.54, 1.807) is 18.3 Å². The van der Waals surface area contributed by atoms with Gasteiger partial charge in [-0.05, 0) is 49.4 Å². The zero-order valence-corrected chi connectivity index (χ0v) is 15.6. The number of rotatable bonds is 5. The van der Waals surface area contributed by atoms with Crippen LogP contribution in [0, 0.1) is 5.82 Å². The molecule has 4 rings (SSSR count). The molecule has 0 radical (unpaired) electrons. The molecule has 2 heterocycles. The third kappa shape index (κ3) is 4.05. The number of benzene rings is 1. The van der Waals surface area contributed by atoms with Crippen LogP contribution in [0.15, 0.2) is 36.5 Å². The highest BCUT2D eigenvalue weighted by Gasteiger charge is 2.38. The van der Waals surface area contributed by atoms with Gasteiger partial charge in [-0.2, -0.15) is 5.10 Å². The van der Waals surface area contributed by atoms with Gasteiger partial charge in [0, 0.05) is 37.3 Å². The predicted molar refractivity (Wildman–Crippen MR) is 102 cm³/mol. The summed E-state index contributed by atoms with van der Waals surface area (Å²) in [5, 5.41) is 9.63. The first-order chi connectivity index (χ1) is 13.1. The van der Waals surface area contributed by atoms with Gasteiger partial charge < -0.3 is 10.2 Å². The number of hydrogen-bond donors (Lipinski definition) is 2. The number of halogens is 1. The first-order valence-corrected chi connectivity index (χ1v) is 9.93. The Kier molecular flexibility index (Phi) is 5.25. The lowest BCUT2D eigenvalue weighted by Crippen LogP contribution is -2.48. The summed E-state index contributed by atoms with van der Waals surface area (Å²) in [6.07, 6.45) is 8.17. The third-order valence-corrected chi connectivity index (χ3v) is 6.19. The van der Waals surface area contributed by atoms with Gasteiger partial charge in [0.25, 0.3) is 5.91 Å². The zero-order valence-electron chi connectivity index (χ0n) is 15.6. The van der Waals surface area contributed by atoms with E-state index >= 15 is 0 Å². The number of nitrogens with zero attached hydrogens (tertiary/aromatic N) is 2. The smallest absolute Gasteiger partial charge is 0.269 e. The Morgan fingerprint density at radius 1 is 1.26 bits per heavy atom. The van der Waals surface area contributed by atoms with Crippen molar-refractivity contribution in [2.24, 2.45) is 0 Å². The highest BCUT2D eigenvalue weighted by Crippen LogP contribution is 2.42. The quantitative estimate of drug-likeness (QED) is 0.849. The molecule has 1 aromatic carbocycles. The predicted octanol–water partition coefficient (Wildman–Crippen LogP) is 3.26. The van der Waals surface area contributed by atoms with Crippen LogP contribution in [0.3, 0.4) is 0 Å². The topological polar surface area (TPSA) is 61.0 Å². The maximum Gasteiger partial charge on any atom is 0.269 e. The maximum atomic E-state index is 13.8. The van der Waals surface area contributed by atoms with Crippen LogP contribution in [-0.2, 0) is 5.41 Å². The van der Waals surface area contributed by atoms with E-state index in [-0.39, 0.29) is 23.2 Å². The fourth-order valence-corrected chi connectivity index (χ4v) is 4.72. The van der Waals surface area contributed by atoms with E-state index in [1.165, 1.54) is 18.9 Å². The Morgan fingerprint density at radius 2 is 2.04 bits per heavy atom. The number of H-pyrrole nitrogens is 1. The highest BCUT2D eigenvalue weighted by molar-refractivity contribution is 5.92. The van der Waals surface area contributed by atoms with E-state index in [0.29, 0.717) is 5.69 Å². The van der Waals surface area contributed by atoms with Gasteiger partial charge in [-0.1, -0.05) is 25.0 Å². The number of carbonyl (C=O) groups excluding carboxylic acids is 1. The fraction of sp³-hybridized carbons (Fsp3) is 0.524. The number of hydrogen-bond acceptors (Lipinski definition) is 3. The average Bonchev–Trinajstić information content (AvgIpc) is 3.36. The Balaban J connectivity index is 1.35. The lowest BCUT2D eigenvalue weighted by Gasteiger charge is -2.39. The lowest BCUT2D eigenvalue weighted by molar-refractivity contribution is 0.0896. The van der Waals surface area contributed by atoms with E-state index in [0.717, 1.165) is 50.9 Å². The van der Waals surface area contributed by atoms with Crippen LogP contribution in [-0.4, -0.2) is 46.7 Å². The normalized spacial score (nSPS) is 20.6. The van der Waals surface area contributed by atoms with Crippen molar-refractivity contribution in [1.82, 2.24) is 20.4 Å². The van der Waals surface area contributed by atoms with Gasteiger partial charge >= 0.3 is 0 Å². The van der Waals surface area contributed by atoms with Crippen molar-refractivity contribution in [1.29, 1.82) is 0 Å². The molecule has 2 fully saturated rings. The molecule has 0 bridgehead atoms. The standard InChI is InChI=1S/C21H27FN4O/c22-17-5-3-4-16(14-17)21(9-1-2-10-21)15-26-12-7-18(8-13-26)24-20(27)19-6-11-23-25-19/h3-6,11,14,18H,1-2,7-10,12-13,15H2,(H,23,25)(H,24,27). The molecule has 1 aliphatic heterocycles. The second kappa shape index (κ2) is 7.80. The first-order valence-electron chi connectivity index (χ1n) is 9.93. The molecular formula is C21H27FN4O. The first kappa shape index (κ1) is 18.2. The molecule has 0 atom stereocenters. The minimum atomic E-state index is -0.140. The molecule has 2 aliphatic rings. The molecule has 1 saturated heterocycles. The van der Waals surface area contributed by atoms with Crippen molar-refractivity contribution in [3.63, 3.8) is 0 Å². The van der Waals surface area contributed by atoms with Crippen LogP contribution in [0.1, 0.15) is 54.6 Å². The number of nitrogens with one attached hydrogen (secondary N) is 2. The van der Waals surface area contributed by atoms with Crippen LogP contribution >= 0.6 is 0 Å². The van der Waals surface area contributed by atoms with E-state index in [1.807, 2.05) is 6.07 Å². The SMILES string of the molecule is O=C(NC1CCN(CC2(c3cccc(F)c3)CCCC2)CC1)c1ccn[nH]1. The Labute approximate surface area is 159 Å². The molecule has 2 aromatic rings. The molecule has 1 aromatic heterocycles. The van der Waals surface area contributed by atoms with E-state index in [2.05, 4.69) is 26.5 Å². The summed E-state index contributed by atoms with van der Waals surface area (Å²) in [6.45, 7) is 2.91. The van der Waals surface area contributed by atoms with Crippen LogP contribution in [0.25, 0.3) is 0 Å². The number of amides is 1. The third-order valence-electron chi connectivity index (χ3n) is 6.19. The number of likely N-dealkylation sites (tertiary alicyclic amines) is 1. The zero-order chi connectivity index (χ0) is 18.7. The number of carbonyl (C=O) groups is 1. The van der Waals surface area contributed by atoms with Crippen molar-refractivity contribution in [2.45, 2.75) is 50.0 Å². The van der Waals surface area contributed by atoms with E-state index < -0.39 is 0 Å². The van der Waals surface area contributed by atoms with Gasteiger partial charge in [-0.3, -0.25) is 9.89 Å². The minimum absolute atomic E-state index is 0.0775. The van der Waals surface area contributed by atoms with Crippen molar-refractivity contribution in [3.8, 4) is 0 Å². The van der Waals surface area contributed by atoms with Crippen molar-refractivity contribution >= 4 is 5.91 Å². The number of aromatic amines is 1. The largest absolute Gasteiger partial charge is 0.348 e. The van der Waals surface area contributed by atoms with Gasteiger partial charge in [-0.25, -0.2) is 4.39 Å². The molecule has 2 N–H and O–H groups in total. The van der Waals surface area contributed by atoms with Gasteiger partial charge in [0.1, 0.15) is 11.5 Å².